The van der Waals surface area contributed by atoms with E-state index in [4.69, 9.17) is 21.7 Å². The van der Waals surface area contributed by atoms with E-state index in [9.17, 15) is 9.59 Å². The first kappa shape index (κ1) is 13.6. The molecule has 0 aliphatic rings. The molecule has 0 aromatic rings. The van der Waals surface area contributed by atoms with Crippen LogP contribution in [0.5, 0.6) is 0 Å². The monoisotopic (exact) mass is 242 g/mol. The van der Waals surface area contributed by atoms with Crippen LogP contribution in [-0.2, 0) is 9.59 Å². The molecule has 0 aliphatic heterocycles. The molecule has 14 heavy (non-hydrogen) atoms. The summed E-state index contributed by atoms with van der Waals surface area (Å²) >= 11 is 0. The lowest BCUT2D eigenvalue weighted by molar-refractivity contribution is -0.138. The van der Waals surface area contributed by atoms with Gasteiger partial charge in [0.05, 0.1) is 0 Å². The van der Waals surface area contributed by atoms with Crippen LogP contribution in [-0.4, -0.2) is 45.7 Å². The van der Waals surface area contributed by atoms with E-state index in [1.54, 1.807) is 0 Å². The van der Waals surface area contributed by atoms with Crippen molar-refractivity contribution < 1.29 is 19.8 Å². The van der Waals surface area contributed by atoms with Crippen molar-refractivity contribution in [2.45, 2.75) is 12.1 Å². The van der Waals surface area contributed by atoms with Gasteiger partial charge in [-0.15, -0.1) is 0 Å². The van der Waals surface area contributed by atoms with E-state index in [0.717, 1.165) is 0 Å². The van der Waals surface area contributed by atoms with E-state index in [-0.39, 0.29) is 11.5 Å². The van der Waals surface area contributed by atoms with Crippen molar-refractivity contribution in [2.75, 3.05) is 11.5 Å². The van der Waals surface area contributed by atoms with E-state index in [2.05, 4.69) is 0 Å². The molecule has 82 valence electrons. The van der Waals surface area contributed by atoms with Gasteiger partial charge in [-0.05, 0) is 0 Å². The van der Waals surface area contributed by atoms with E-state index in [0.29, 0.717) is 0 Å². The Hall–Kier alpha value is -0.440. The van der Waals surface area contributed by atoms with Crippen molar-refractivity contribution >= 4 is 33.5 Å². The van der Waals surface area contributed by atoms with Gasteiger partial charge in [0.15, 0.2) is 0 Å². The van der Waals surface area contributed by atoms with Crippen LogP contribution < -0.4 is 11.5 Å². The van der Waals surface area contributed by atoms with E-state index in [1.165, 1.54) is 21.6 Å². The summed E-state index contributed by atoms with van der Waals surface area (Å²) in [7, 11) is 2.41. The third kappa shape index (κ3) is 6.08. The summed E-state index contributed by atoms with van der Waals surface area (Å²) in [4.78, 5) is 20.5. The average molecular weight is 242 g/mol. The SMILES string of the molecule is N[C@H](CSSC[C@H](N)[13C](=O)O)[13C](=O)O. The van der Waals surface area contributed by atoms with Crippen LogP contribution in [0.1, 0.15) is 0 Å². The minimum atomic E-state index is -1.07. The summed E-state index contributed by atoms with van der Waals surface area (Å²) in [5.41, 5.74) is 10.4. The van der Waals surface area contributed by atoms with Gasteiger partial charge in [0.1, 0.15) is 12.1 Å². The van der Waals surface area contributed by atoms with Crippen molar-refractivity contribution in [2.24, 2.45) is 11.5 Å². The maximum absolute atomic E-state index is 10.3. The average Bonchev–Trinajstić information content (AvgIpc) is 2.11. The van der Waals surface area contributed by atoms with Gasteiger partial charge < -0.3 is 21.7 Å². The molecule has 0 spiro atoms. The number of hydrogen-bond donors (Lipinski definition) is 4. The molecule has 0 saturated carbocycles. The van der Waals surface area contributed by atoms with Crippen LogP contribution >= 0.6 is 21.6 Å². The first-order valence-corrected chi connectivity index (χ1v) is 6.15. The van der Waals surface area contributed by atoms with Crippen molar-refractivity contribution in [3.05, 3.63) is 0 Å². The fourth-order valence-electron chi connectivity index (χ4n) is 0.385. The number of carbonyl (C=O) groups is 2. The van der Waals surface area contributed by atoms with Gasteiger partial charge in [-0.1, -0.05) is 21.6 Å². The maximum Gasteiger partial charge on any atom is 0.321 e. The quantitative estimate of drug-likeness (QED) is 0.259. The van der Waals surface area contributed by atoms with Gasteiger partial charge in [0.25, 0.3) is 0 Å². The third-order valence-electron chi connectivity index (χ3n) is 1.21. The van der Waals surface area contributed by atoms with Gasteiger partial charge in [0, 0.05) is 11.5 Å². The molecule has 0 heterocycles. The highest BCUT2D eigenvalue weighted by atomic mass is 33.1. The molecule has 0 aromatic carbocycles. The topological polar surface area (TPSA) is 127 Å². The number of rotatable bonds is 7. The van der Waals surface area contributed by atoms with Gasteiger partial charge in [-0.25, -0.2) is 0 Å². The largest absolute Gasteiger partial charge is 0.480 e. The molecule has 0 fully saturated rings. The van der Waals surface area contributed by atoms with Crippen molar-refractivity contribution in [3.63, 3.8) is 0 Å². The van der Waals surface area contributed by atoms with E-state index >= 15 is 0 Å². The number of nitrogens with two attached hydrogens (primary N) is 2. The Morgan fingerprint density at radius 2 is 1.29 bits per heavy atom. The predicted octanol–water partition coefficient (Wildman–Crippen LogP) is -0.808. The Balaban J connectivity index is 3.47. The Bertz CT molecular complexity index is 192. The number of carboxylic acid groups (broad SMARTS) is 2. The van der Waals surface area contributed by atoms with Crippen LogP contribution in [0, 0.1) is 0 Å². The fraction of sp³-hybridized carbons (Fsp3) is 0.667. The molecular formula is C6H12N2O4S2. The minimum Gasteiger partial charge on any atom is -0.480 e. The molecule has 6 nitrogen and oxygen atoms in total. The molecule has 0 radical (unpaired) electrons. The van der Waals surface area contributed by atoms with Crippen molar-refractivity contribution in [1.82, 2.24) is 0 Å². The zero-order valence-corrected chi connectivity index (χ0v) is 8.88. The lowest BCUT2D eigenvalue weighted by Gasteiger charge is -2.07. The number of carboxylic acids is 2. The van der Waals surface area contributed by atoms with Crippen LogP contribution in [0.15, 0.2) is 0 Å². The predicted molar refractivity (Wildman–Crippen MR) is 56.1 cm³/mol. The molecule has 0 amide bonds. The molecule has 0 unspecified atom stereocenters. The second-order valence-corrected chi connectivity index (χ2v) is 5.01. The zero-order valence-electron chi connectivity index (χ0n) is 7.25. The van der Waals surface area contributed by atoms with Gasteiger partial charge >= 0.3 is 11.9 Å². The summed E-state index contributed by atoms with van der Waals surface area (Å²) in [6, 6.07) is -1.85. The smallest absolute Gasteiger partial charge is 0.321 e. The molecule has 2 atom stereocenters. The maximum atomic E-state index is 10.3. The molecule has 0 bridgehead atoms. The van der Waals surface area contributed by atoms with Crippen molar-refractivity contribution in [1.29, 1.82) is 0 Å². The third-order valence-corrected chi connectivity index (χ3v) is 3.69. The molecular weight excluding hydrogens is 230 g/mol. The molecule has 0 saturated heterocycles. The Kier molecular flexibility index (Phi) is 6.71. The van der Waals surface area contributed by atoms with E-state index in [1.807, 2.05) is 0 Å². The normalized spacial score (nSPS) is 14.7. The number of hydrogen-bond acceptors (Lipinski definition) is 6. The summed E-state index contributed by atoms with van der Waals surface area (Å²) in [5, 5.41) is 16.8. The van der Waals surface area contributed by atoms with Gasteiger partial charge in [0.2, 0.25) is 0 Å². The first-order valence-electron chi connectivity index (χ1n) is 3.66. The number of aliphatic carboxylic acids is 2. The van der Waals surface area contributed by atoms with Gasteiger partial charge in [-0.3, -0.25) is 9.59 Å². The summed E-state index contributed by atoms with van der Waals surface area (Å²) in [6.07, 6.45) is 0. The molecule has 0 aromatic heterocycles. The Morgan fingerprint density at radius 1 is 1.00 bits per heavy atom. The molecule has 8 heteroatoms. The fourth-order valence-corrected chi connectivity index (χ4v) is 2.61. The lowest BCUT2D eigenvalue weighted by Crippen LogP contribution is -2.33. The van der Waals surface area contributed by atoms with E-state index < -0.39 is 24.0 Å². The second kappa shape index (κ2) is 6.93. The zero-order chi connectivity index (χ0) is 11.1. The highest BCUT2D eigenvalue weighted by Crippen LogP contribution is 2.22. The van der Waals surface area contributed by atoms with Crippen LogP contribution in [0.2, 0.25) is 0 Å². The lowest BCUT2D eigenvalue weighted by atomic mass is 10.6. The summed E-state index contributed by atoms with van der Waals surface area (Å²) < 4.78 is 0. The van der Waals surface area contributed by atoms with Crippen LogP contribution in [0.4, 0.5) is 0 Å². The highest BCUT2D eigenvalue weighted by Gasteiger charge is 2.14. The molecule has 0 rings (SSSR count). The minimum absolute atomic E-state index is 0.229. The second-order valence-electron chi connectivity index (χ2n) is 2.46. The van der Waals surface area contributed by atoms with Crippen LogP contribution in [0.25, 0.3) is 0 Å². The Labute approximate surface area is 88.8 Å². The summed E-state index contributed by atoms with van der Waals surface area (Å²) in [6.45, 7) is 0. The highest BCUT2D eigenvalue weighted by molar-refractivity contribution is 8.76. The first-order chi connectivity index (χ1) is 6.45. The summed E-state index contributed by atoms with van der Waals surface area (Å²) in [5.74, 6) is -1.68. The Morgan fingerprint density at radius 3 is 1.50 bits per heavy atom. The van der Waals surface area contributed by atoms with Crippen molar-refractivity contribution in [3.8, 4) is 0 Å². The molecule has 0 aliphatic carbocycles. The van der Waals surface area contributed by atoms with Crippen LogP contribution in [0.3, 0.4) is 0 Å². The van der Waals surface area contributed by atoms with Gasteiger partial charge in [-0.2, -0.15) is 0 Å². The molecule has 6 N–H and O–H groups in total. The standard InChI is InChI=1S/C6H12N2O4S2/c7-3(5(9)10)1-13-14-2-4(8)6(11)12/h3-4H,1-2,7-8H2,(H,9,10)(H,11,12)/t3-,4+/i5+1,6+1.